The van der Waals surface area contributed by atoms with E-state index in [0.29, 0.717) is 0 Å². The van der Waals surface area contributed by atoms with Crippen LogP contribution in [0, 0.1) is 17.1 Å². The summed E-state index contributed by atoms with van der Waals surface area (Å²) in [6.45, 7) is -1.05. The molecule has 0 saturated heterocycles. The molecule has 0 fully saturated rings. The van der Waals surface area contributed by atoms with Gasteiger partial charge >= 0.3 is 5.92 Å². The summed E-state index contributed by atoms with van der Waals surface area (Å²) in [4.78, 5) is 0. The highest BCUT2D eigenvalue weighted by Gasteiger charge is 2.55. The van der Waals surface area contributed by atoms with Crippen molar-refractivity contribution >= 4 is 0 Å². The summed E-state index contributed by atoms with van der Waals surface area (Å²) < 4.78 is 80.2. The fraction of sp³-hybridized carbons (Fsp3) is 0.278. The SMILES string of the molecule is N#Cc1cc(F)cc(Oc2cc3c(c4c2CC(F)(F)C4O)C(F)(F)CO3)c1. The number of aliphatic hydroxyl groups is 1. The maximum absolute atomic E-state index is 14.1. The molecule has 2 aliphatic rings. The molecule has 1 heterocycles. The quantitative estimate of drug-likeness (QED) is 0.790. The van der Waals surface area contributed by atoms with Gasteiger partial charge in [-0.2, -0.15) is 14.0 Å². The monoisotopic (exact) mass is 383 g/mol. The number of hydrogen-bond acceptors (Lipinski definition) is 4. The molecule has 4 nitrogen and oxygen atoms in total. The zero-order valence-electron chi connectivity index (χ0n) is 13.4. The molecule has 0 spiro atoms. The molecule has 1 unspecified atom stereocenters. The minimum atomic E-state index is -3.67. The Balaban J connectivity index is 1.88. The van der Waals surface area contributed by atoms with Gasteiger partial charge in [0.1, 0.15) is 29.2 Å². The number of halogens is 5. The van der Waals surface area contributed by atoms with Crippen LogP contribution in [0.3, 0.4) is 0 Å². The number of alkyl halides is 4. The summed E-state index contributed by atoms with van der Waals surface area (Å²) in [7, 11) is 0. The molecule has 1 atom stereocenters. The molecule has 0 bridgehead atoms. The van der Waals surface area contributed by atoms with Crippen molar-refractivity contribution < 1.29 is 36.5 Å². The van der Waals surface area contributed by atoms with E-state index in [-0.39, 0.29) is 28.4 Å². The minimum absolute atomic E-state index is 0.0732. The van der Waals surface area contributed by atoms with Crippen LogP contribution in [0.2, 0.25) is 0 Å². The van der Waals surface area contributed by atoms with Crippen molar-refractivity contribution in [2.45, 2.75) is 24.4 Å². The van der Waals surface area contributed by atoms with Crippen LogP contribution >= 0.6 is 0 Å². The van der Waals surface area contributed by atoms with Gasteiger partial charge in [-0.1, -0.05) is 0 Å². The molecular weight excluding hydrogens is 373 g/mol. The molecule has 0 radical (unpaired) electrons. The van der Waals surface area contributed by atoms with Crippen molar-refractivity contribution in [1.29, 1.82) is 5.26 Å². The topological polar surface area (TPSA) is 62.5 Å². The molecule has 2 aromatic carbocycles. The van der Waals surface area contributed by atoms with E-state index in [2.05, 4.69) is 0 Å². The Morgan fingerprint density at radius 3 is 2.63 bits per heavy atom. The van der Waals surface area contributed by atoms with Gasteiger partial charge in [0, 0.05) is 29.7 Å². The number of nitriles is 1. The van der Waals surface area contributed by atoms with Crippen molar-refractivity contribution in [3.8, 4) is 23.3 Å². The van der Waals surface area contributed by atoms with E-state index >= 15 is 0 Å². The number of benzene rings is 2. The molecule has 1 N–H and O–H groups in total. The van der Waals surface area contributed by atoms with E-state index in [9.17, 15) is 27.1 Å². The van der Waals surface area contributed by atoms with E-state index in [0.717, 1.165) is 18.2 Å². The van der Waals surface area contributed by atoms with E-state index in [1.165, 1.54) is 6.07 Å². The predicted octanol–water partition coefficient (Wildman–Crippen LogP) is 4.20. The van der Waals surface area contributed by atoms with Crippen LogP contribution < -0.4 is 9.47 Å². The van der Waals surface area contributed by atoms with Crippen molar-refractivity contribution in [3.05, 3.63) is 52.3 Å². The third kappa shape index (κ3) is 2.68. The third-order valence-corrected chi connectivity index (χ3v) is 4.49. The van der Waals surface area contributed by atoms with Crippen LogP contribution in [0.4, 0.5) is 22.0 Å². The van der Waals surface area contributed by atoms with Gasteiger partial charge in [-0.3, -0.25) is 0 Å². The molecule has 1 aliphatic heterocycles. The Morgan fingerprint density at radius 1 is 1.19 bits per heavy atom. The molecule has 9 heteroatoms. The third-order valence-electron chi connectivity index (χ3n) is 4.49. The molecule has 1 aliphatic carbocycles. The molecule has 0 saturated carbocycles. The molecule has 140 valence electrons. The number of rotatable bonds is 2. The predicted molar refractivity (Wildman–Crippen MR) is 80.6 cm³/mol. The van der Waals surface area contributed by atoms with Crippen molar-refractivity contribution in [1.82, 2.24) is 0 Å². The van der Waals surface area contributed by atoms with E-state index in [1.807, 2.05) is 0 Å². The first kappa shape index (κ1) is 17.5. The van der Waals surface area contributed by atoms with E-state index in [4.69, 9.17) is 14.7 Å². The highest BCUT2D eigenvalue weighted by Crippen LogP contribution is 2.56. The second-order valence-corrected chi connectivity index (χ2v) is 6.36. The molecule has 2 aromatic rings. The Hall–Kier alpha value is -2.86. The summed E-state index contributed by atoms with van der Waals surface area (Å²) in [5.41, 5.74) is -1.80. The summed E-state index contributed by atoms with van der Waals surface area (Å²) in [5.74, 6) is -8.84. The van der Waals surface area contributed by atoms with E-state index in [1.54, 1.807) is 6.07 Å². The Bertz CT molecular complexity index is 999. The smallest absolute Gasteiger partial charge is 0.310 e. The average molecular weight is 383 g/mol. The van der Waals surface area contributed by atoms with Gasteiger partial charge in [-0.25, -0.2) is 13.2 Å². The molecule has 0 aromatic heterocycles. The first-order valence-electron chi connectivity index (χ1n) is 7.78. The van der Waals surface area contributed by atoms with Gasteiger partial charge in [0.05, 0.1) is 17.2 Å². The Kier molecular flexibility index (Phi) is 3.62. The van der Waals surface area contributed by atoms with Crippen molar-refractivity contribution in [2.75, 3.05) is 6.61 Å². The van der Waals surface area contributed by atoms with Crippen LogP contribution in [0.25, 0.3) is 0 Å². The normalized spacial score (nSPS) is 21.1. The standard InChI is InChI=1S/C18H10F5NO3/c19-9-1-8(6-24)2-10(3-9)27-12-4-13-15(18(22,23)7-26-13)14-11(12)5-17(20,21)16(14)25/h1-4,16,25H,5,7H2. The second kappa shape index (κ2) is 5.57. The maximum atomic E-state index is 14.1. The first-order chi connectivity index (χ1) is 12.6. The van der Waals surface area contributed by atoms with Gasteiger partial charge in [0.25, 0.3) is 5.92 Å². The average Bonchev–Trinajstić information content (AvgIpc) is 3.01. The number of hydrogen-bond donors (Lipinski definition) is 1. The maximum Gasteiger partial charge on any atom is 0.310 e. The van der Waals surface area contributed by atoms with Gasteiger partial charge in [-0.15, -0.1) is 0 Å². The largest absolute Gasteiger partial charge is 0.486 e. The highest BCUT2D eigenvalue weighted by molar-refractivity contribution is 5.61. The van der Waals surface area contributed by atoms with Gasteiger partial charge in [-0.05, 0) is 12.1 Å². The summed E-state index contributed by atoms with van der Waals surface area (Å²) >= 11 is 0. The molecule has 27 heavy (non-hydrogen) atoms. The number of ether oxygens (including phenoxy) is 2. The number of fused-ring (bicyclic) bond motifs is 3. The Labute approximate surface area is 149 Å². The summed E-state index contributed by atoms with van der Waals surface area (Å²) in [5, 5.41) is 18.8. The zero-order chi connectivity index (χ0) is 19.6. The van der Waals surface area contributed by atoms with E-state index < -0.39 is 47.9 Å². The zero-order valence-corrected chi connectivity index (χ0v) is 13.4. The lowest BCUT2D eigenvalue weighted by atomic mass is 9.97. The lowest BCUT2D eigenvalue weighted by Gasteiger charge is -2.18. The fourth-order valence-corrected chi connectivity index (χ4v) is 3.36. The minimum Gasteiger partial charge on any atom is -0.486 e. The van der Waals surface area contributed by atoms with Crippen LogP contribution in [0.15, 0.2) is 24.3 Å². The fourth-order valence-electron chi connectivity index (χ4n) is 3.36. The van der Waals surface area contributed by atoms with Gasteiger partial charge in [0.2, 0.25) is 0 Å². The second-order valence-electron chi connectivity index (χ2n) is 6.36. The first-order valence-corrected chi connectivity index (χ1v) is 7.78. The van der Waals surface area contributed by atoms with Crippen molar-refractivity contribution in [2.24, 2.45) is 0 Å². The summed E-state index contributed by atoms with van der Waals surface area (Å²) in [6, 6.07) is 5.76. The lowest BCUT2D eigenvalue weighted by Crippen LogP contribution is -2.23. The number of aliphatic hydroxyl groups excluding tert-OH is 1. The van der Waals surface area contributed by atoms with Crippen LogP contribution in [-0.2, 0) is 12.3 Å². The highest BCUT2D eigenvalue weighted by atomic mass is 19.3. The molecule has 4 rings (SSSR count). The van der Waals surface area contributed by atoms with Crippen LogP contribution in [0.1, 0.15) is 28.4 Å². The lowest BCUT2D eigenvalue weighted by molar-refractivity contribution is -0.0988. The Morgan fingerprint density at radius 2 is 1.93 bits per heavy atom. The summed E-state index contributed by atoms with van der Waals surface area (Å²) in [6.07, 6.45) is -3.47. The van der Waals surface area contributed by atoms with Crippen LogP contribution in [0.5, 0.6) is 17.2 Å². The van der Waals surface area contributed by atoms with Crippen LogP contribution in [-0.4, -0.2) is 17.6 Å². The number of nitrogens with zero attached hydrogens (tertiary/aromatic N) is 1. The van der Waals surface area contributed by atoms with Gasteiger partial charge in [0.15, 0.2) is 6.61 Å². The van der Waals surface area contributed by atoms with Gasteiger partial charge < -0.3 is 14.6 Å². The molecule has 0 amide bonds. The van der Waals surface area contributed by atoms with Crippen molar-refractivity contribution in [3.63, 3.8) is 0 Å². The molecular formula is C18H10F5NO3.